The molecule has 0 aliphatic heterocycles. The summed E-state index contributed by atoms with van der Waals surface area (Å²) in [6.45, 7) is 7.17. The summed E-state index contributed by atoms with van der Waals surface area (Å²) >= 11 is 0. The first-order valence-electron chi connectivity index (χ1n) is 5.62. The Morgan fingerprint density at radius 3 is 2.64 bits per heavy atom. The van der Waals surface area contributed by atoms with Gasteiger partial charge in [0.25, 0.3) is 0 Å². The van der Waals surface area contributed by atoms with E-state index in [1.165, 1.54) is 12.8 Å². The topological polar surface area (TPSA) is 41.5 Å². The van der Waals surface area contributed by atoms with E-state index < -0.39 is 0 Å². The maximum atomic E-state index is 8.86. The van der Waals surface area contributed by atoms with E-state index in [4.69, 9.17) is 9.84 Å². The molecule has 1 aliphatic rings. The number of aliphatic hydroxyl groups excluding tert-OH is 1. The zero-order valence-electron chi connectivity index (χ0n) is 9.38. The smallest absolute Gasteiger partial charge is 0.0594 e. The standard InChI is InChI=1S/C11H23NO2/c1-10(2)14-8-6-12-9-11(3-4-11)5-7-13/h10,12-13H,3-9H2,1-2H3. The molecular formula is C11H23NO2. The molecule has 1 aliphatic carbocycles. The first-order chi connectivity index (χ1) is 6.68. The molecule has 84 valence electrons. The summed E-state index contributed by atoms with van der Waals surface area (Å²) in [5, 5.41) is 12.3. The number of hydrogen-bond donors (Lipinski definition) is 2. The summed E-state index contributed by atoms with van der Waals surface area (Å²) < 4.78 is 5.43. The zero-order valence-corrected chi connectivity index (χ0v) is 9.38. The van der Waals surface area contributed by atoms with Crippen LogP contribution in [-0.2, 0) is 4.74 Å². The van der Waals surface area contributed by atoms with Gasteiger partial charge >= 0.3 is 0 Å². The maximum absolute atomic E-state index is 8.86. The second kappa shape index (κ2) is 5.69. The lowest BCUT2D eigenvalue weighted by Crippen LogP contribution is -2.28. The molecule has 0 saturated heterocycles. The maximum Gasteiger partial charge on any atom is 0.0594 e. The summed E-state index contributed by atoms with van der Waals surface area (Å²) in [6.07, 6.45) is 3.81. The van der Waals surface area contributed by atoms with Crippen LogP contribution in [0.3, 0.4) is 0 Å². The van der Waals surface area contributed by atoms with Gasteiger partial charge in [0.2, 0.25) is 0 Å². The fraction of sp³-hybridized carbons (Fsp3) is 1.00. The molecule has 0 heterocycles. The van der Waals surface area contributed by atoms with Crippen LogP contribution in [0.2, 0.25) is 0 Å². The highest BCUT2D eigenvalue weighted by molar-refractivity contribution is 4.94. The van der Waals surface area contributed by atoms with Crippen molar-refractivity contribution in [2.24, 2.45) is 5.41 Å². The number of hydrogen-bond acceptors (Lipinski definition) is 3. The minimum absolute atomic E-state index is 0.323. The van der Waals surface area contributed by atoms with Crippen molar-refractivity contribution < 1.29 is 9.84 Å². The molecule has 2 N–H and O–H groups in total. The Morgan fingerprint density at radius 1 is 1.43 bits per heavy atom. The summed E-state index contributed by atoms with van der Waals surface area (Å²) in [5.41, 5.74) is 0.423. The van der Waals surface area contributed by atoms with Gasteiger partial charge in [-0.2, -0.15) is 0 Å². The molecule has 0 aromatic carbocycles. The quantitative estimate of drug-likeness (QED) is 0.579. The van der Waals surface area contributed by atoms with E-state index in [1.54, 1.807) is 0 Å². The van der Waals surface area contributed by atoms with E-state index in [2.05, 4.69) is 5.32 Å². The van der Waals surface area contributed by atoms with Crippen molar-refractivity contribution in [1.29, 1.82) is 0 Å². The van der Waals surface area contributed by atoms with Crippen LogP contribution in [0.15, 0.2) is 0 Å². The number of nitrogens with one attached hydrogen (secondary N) is 1. The highest BCUT2D eigenvalue weighted by atomic mass is 16.5. The van der Waals surface area contributed by atoms with Crippen LogP contribution >= 0.6 is 0 Å². The Balaban J connectivity index is 1.93. The predicted molar refractivity (Wildman–Crippen MR) is 57.3 cm³/mol. The van der Waals surface area contributed by atoms with Crippen LogP contribution in [0.25, 0.3) is 0 Å². The fourth-order valence-electron chi connectivity index (χ4n) is 1.65. The largest absolute Gasteiger partial charge is 0.396 e. The van der Waals surface area contributed by atoms with Gasteiger partial charge in [0, 0.05) is 19.7 Å². The predicted octanol–water partition coefficient (Wildman–Crippen LogP) is 1.16. The van der Waals surface area contributed by atoms with Crippen LogP contribution in [-0.4, -0.2) is 37.5 Å². The number of ether oxygens (including phenoxy) is 1. The van der Waals surface area contributed by atoms with E-state index in [0.29, 0.717) is 18.1 Å². The van der Waals surface area contributed by atoms with E-state index in [-0.39, 0.29) is 0 Å². The first kappa shape index (κ1) is 12.0. The molecule has 1 rings (SSSR count). The van der Waals surface area contributed by atoms with Crippen molar-refractivity contribution in [1.82, 2.24) is 5.32 Å². The minimum Gasteiger partial charge on any atom is -0.396 e. The van der Waals surface area contributed by atoms with Crippen molar-refractivity contribution >= 4 is 0 Å². The Morgan fingerprint density at radius 2 is 2.14 bits per heavy atom. The van der Waals surface area contributed by atoms with E-state index in [9.17, 15) is 0 Å². The molecular weight excluding hydrogens is 178 g/mol. The van der Waals surface area contributed by atoms with Gasteiger partial charge < -0.3 is 15.2 Å². The molecule has 1 fully saturated rings. The Kier molecular flexibility index (Phi) is 4.85. The average Bonchev–Trinajstić information content (AvgIpc) is 2.85. The Bertz CT molecular complexity index is 155. The van der Waals surface area contributed by atoms with Crippen molar-refractivity contribution in [2.45, 2.75) is 39.2 Å². The van der Waals surface area contributed by atoms with Gasteiger partial charge in [-0.05, 0) is 38.5 Å². The lowest BCUT2D eigenvalue weighted by atomic mass is 10.0. The summed E-state index contributed by atoms with van der Waals surface area (Å²) in [7, 11) is 0. The van der Waals surface area contributed by atoms with Gasteiger partial charge in [-0.25, -0.2) is 0 Å². The van der Waals surface area contributed by atoms with E-state index in [1.807, 2.05) is 13.8 Å². The Labute approximate surface area is 86.8 Å². The summed E-state index contributed by atoms with van der Waals surface area (Å²) in [5.74, 6) is 0. The SMILES string of the molecule is CC(C)OCCNCC1(CCO)CC1. The van der Waals surface area contributed by atoms with Crippen molar-refractivity contribution in [3.8, 4) is 0 Å². The Hall–Kier alpha value is -0.120. The third kappa shape index (κ3) is 4.40. The fourth-order valence-corrected chi connectivity index (χ4v) is 1.65. The zero-order chi connectivity index (χ0) is 10.4. The molecule has 0 aromatic rings. The van der Waals surface area contributed by atoms with E-state index >= 15 is 0 Å². The van der Waals surface area contributed by atoms with Gasteiger partial charge in [0.1, 0.15) is 0 Å². The molecule has 0 spiro atoms. The normalized spacial score (nSPS) is 18.9. The third-order valence-electron chi connectivity index (χ3n) is 2.83. The second-order valence-electron chi connectivity index (χ2n) is 4.57. The highest BCUT2D eigenvalue weighted by Crippen LogP contribution is 2.47. The van der Waals surface area contributed by atoms with Crippen LogP contribution in [0.5, 0.6) is 0 Å². The van der Waals surface area contributed by atoms with Crippen molar-refractivity contribution in [3.05, 3.63) is 0 Å². The van der Waals surface area contributed by atoms with Crippen molar-refractivity contribution in [2.75, 3.05) is 26.3 Å². The molecule has 3 heteroatoms. The minimum atomic E-state index is 0.323. The average molecular weight is 201 g/mol. The first-order valence-corrected chi connectivity index (χ1v) is 5.62. The van der Waals surface area contributed by atoms with Gasteiger partial charge in [-0.15, -0.1) is 0 Å². The summed E-state index contributed by atoms with van der Waals surface area (Å²) in [4.78, 5) is 0. The van der Waals surface area contributed by atoms with Crippen LogP contribution < -0.4 is 5.32 Å². The van der Waals surface area contributed by atoms with Crippen molar-refractivity contribution in [3.63, 3.8) is 0 Å². The van der Waals surface area contributed by atoms with Gasteiger partial charge in [-0.1, -0.05) is 0 Å². The molecule has 14 heavy (non-hydrogen) atoms. The summed E-state index contributed by atoms with van der Waals surface area (Å²) in [6, 6.07) is 0. The number of rotatable bonds is 8. The molecule has 3 nitrogen and oxygen atoms in total. The van der Waals surface area contributed by atoms with Crippen LogP contribution in [0, 0.1) is 5.41 Å². The highest BCUT2D eigenvalue weighted by Gasteiger charge is 2.41. The van der Waals surface area contributed by atoms with Crippen LogP contribution in [0.1, 0.15) is 33.1 Å². The second-order valence-corrected chi connectivity index (χ2v) is 4.57. The van der Waals surface area contributed by atoms with Gasteiger partial charge in [0.15, 0.2) is 0 Å². The monoisotopic (exact) mass is 201 g/mol. The van der Waals surface area contributed by atoms with E-state index in [0.717, 1.165) is 26.1 Å². The number of aliphatic hydroxyl groups is 1. The molecule has 0 bridgehead atoms. The lowest BCUT2D eigenvalue weighted by molar-refractivity contribution is 0.0799. The molecule has 0 amide bonds. The molecule has 1 saturated carbocycles. The molecule has 0 atom stereocenters. The van der Waals surface area contributed by atoms with Crippen LogP contribution in [0.4, 0.5) is 0 Å². The van der Waals surface area contributed by atoms with Gasteiger partial charge in [0.05, 0.1) is 12.7 Å². The lowest BCUT2D eigenvalue weighted by Gasteiger charge is -2.15. The molecule has 0 radical (unpaired) electrons. The third-order valence-corrected chi connectivity index (χ3v) is 2.83. The molecule has 0 unspecified atom stereocenters. The molecule has 0 aromatic heterocycles. The van der Waals surface area contributed by atoms with Gasteiger partial charge in [-0.3, -0.25) is 0 Å².